The summed E-state index contributed by atoms with van der Waals surface area (Å²) in [6.45, 7) is 1.42. The average molecular weight is 341 g/mol. The predicted molar refractivity (Wildman–Crippen MR) is 92.3 cm³/mol. The van der Waals surface area contributed by atoms with E-state index in [-0.39, 0.29) is 11.8 Å². The molecule has 4 rings (SSSR count). The molecule has 1 unspecified atom stereocenters. The third kappa shape index (κ3) is 2.76. The molecule has 1 aromatic carbocycles. The Balaban J connectivity index is 1.59. The van der Waals surface area contributed by atoms with Gasteiger partial charge in [-0.15, -0.1) is 10.2 Å². The van der Waals surface area contributed by atoms with Crippen LogP contribution in [0.4, 0.5) is 0 Å². The highest BCUT2D eigenvalue weighted by atomic mass is 35.5. The lowest BCUT2D eigenvalue weighted by atomic mass is 9.96. The molecule has 0 N–H and O–H groups in total. The van der Waals surface area contributed by atoms with Crippen LogP contribution < -0.4 is 0 Å². The first kappa shape index (κ1) is 15.1. The van der Waals surface area contributed by atoms with Gasteiger partial charge >= 0.3 is 0 Å². The van der Waals surface area contributed by atoms with Gasteiger partial charge in [0.1, 0.15) is 5.82 Å². The summed E-state index contributed by atoms with van der Waals surface area (Å²) in [7, 11) is 0. The van der Waals surface area contributed by atoms with Gasteiger partial charge in [-0.25, -0.2) is 0 Å². The number of fused-ring (bicyclic) bond motifs is 1. The van der Waals surface area contributed by atoms with Crippen LogP contribution in [-0.4, -0.2) is 38.5 Å². The van der Waals surface area contributed by atoms with Crippen molar-refractivity contribution in [2.75, 3.05) is 13.1 Å². The number of piperidine rings is 1. The molecule has 0 bridgehead atoms. The fourth-order valence-corrected chi connectivity index (χ4v) is 3.51. The summed E-state index contributed by atoms with van der Waals surface area (Å²) in [6.07, 6.45) is 3.94. The van der Waals surface area contributed by atoms with Gasteiger partial charge < -0.3 is 4.90 Å². The molecule has 6 heteroatoms. The lowest BCUT2D eigenvalue weighted by Gasteiger charge is -2.32. The lowest BCUT2D eigenvalue weighted by molar-refractivity contribution is 0.0704. The quantitative estimate of drug-likeness (QED) is 0.718. The Morgan fingerprint density at radius 1 is 1.17 bits per heavy atom. The molecule has 24 heavy (non-hydrogen) atoms. The number of amides is 1. The Morgan fingerprint density at radius 2 is 2.08 bits per heavy atom. The fraction of sp³-hybridized carbons (Fsp3) is 0.278. The normalized spacial score (nSPS) is 18.0. The standard InChI is InChI=1S/C18H17ClN4O/c19-15-7-3-5-13(11-15)18(24)22-9-4-6-14(12-22)17-21-20-16-8-1-2-10-23(16)17/h1-3,5,7-8,10-11,14H,4,6,9,12H2. The van der Waals surface area contributed by atoms with Crippen molar-refractivity contribution < 1.29 is 4.79 Å². The Labute approximate surface area is 144 Å². The maximum absolute atomic E-state index is 12.8. The SMILES string of the molecule is O=C(c1cccc(Cl)c1)N1CCCC(c2nnc3ccccn23)C1. The largest absolute Gasteiger partial charge is 0.338 e. The number of carbonyl (C=O) groups excluding carboxylic acids is 1. The number of halogens is 1. The first-order valence-electron chi connectivity index (χ1n) is 8.07. The third-order valence-electron chi connectivity index (χ3n) is 4.49. The van der Waals surface area contributed by atoms with Crippen molar-refractivity contribution in [1.29, 1.82) is 0 Å². The van der Waals surface area contributed by atoms with E-state index in [1.807, 2.05) is 45.8 Å². The van der Waals surface area contributed by atoms with E-state index >= 15 is 0 Å². The van der Waals surface area contributed by atoms with Gasteiger partial charge in [0.05, 0.1) is 0 Å². The van der Waals surface area contributed by atoms with Crippen molar-refractivity contribution >= 4 is 23.2 Å². The van der Waals surface area contributed by atoms with Crippen LogP contribution in [0.3, 0.4) is 0 Å². The molecule has 0 radical (unpaired) electrons. The van der Waals surface area contributed by atoms with Crippen LogP contribution in [0.25, 0.3) is 5.65 Å². The van der Waals surface area contributed by atoms with Gasteiger partial charge in [-0.05, 0) is 43.2 Å². The van der Waals surface area contributed by atoms with Gasteiger partial charge in [-0.1, -0.05) is 23.7 Å². The Kier molecular flexibility index (Phi) is 3.94. The molecule has 1 aliphatic heterocycles. The molecule has 1 atom stereocenters. The molecule has 2 aromatic heterocycles. The van der Waals surface area contributed by atoms with E-state index in [0.717, 1.165) is 30.9 Å². The summed E-state index contributed by atoms with van der Waals surface area (Å²) in [4.78, 5) is 14.6. The van der Waals surface area contributed by atoms with Crippen molar-refractivity contribution in [3.8, 4) is 0 Å². The van der Waals surface area contributed by atoms with Crippen LogP contribution >= 0.6 is 11.6 Å². The minimum atomic E-state index is 0.0241. The van der Waals surface area contributed by atoms with Crippen LogP contribution in [-0.2, 0) is 0 Å². The topological polar surface area (TPSA) is 50.5 Å². The number of pyridine rings is 1. The van der Waals surface area contributed by atoms with Crippen molar-refractivity contribution in [2.45, 2.75) is 18.8 Å². The molecule has 0 spiro atoms. The van der Waals surface area contributed by atoms with Crippen molar-refractivity contribution in [3.63, 3.8) is 0 Å². The summed E-state index contributed by atoms with van der Waals surface area (Å²) in [5, 5.41) is 9.16. The number of hydrogen-bond acceptors (Lipinski definition) is 3. The van der Waals surface area contributed by atoms with Crippen molar-refractivity contribution in [2.24, 2.45) is 0 Å². The third-order valence-corrected chi connectivity index (χ3v) is 4.72. The second kappa shape index (κ2) is 6.24. The van der Waals surface area contributed by atoms with Gasteiger partial charge in [0, 0.05) is 35.8 Å². The number of hydrogen-bond donors (Lipinski definition) is 0. The first-order valence-corrected chi connectivity index (χ1v) is 8.44. The molecule has 3 aromatic rings. The van der Waals surface area contributed by atoms with E-state index in [1.54, 1.807) is 12.1 Å². The second-order valence-electron chi connectivity index (χ2n) is 6.09. The van der Waals surface area contributed by atoms with Gasteiger partial charge in [-0.3, -0.25) is 9.20 Å². The molecule has 1 fully saturated rings. The average Bonchev–Trinajstić information content (AvgIpc) is 3.05. The minimum Gasteiger partial charge on any atom is -0.338 e. The summed E-state index contributed by atoms with van der Waals surface area (Å²) >= 11 is 6.01. The van der Waals surface area contributed by atoms with Crippen LogP contribution in [0.5, 0.6) is 0 Å². The first-order chi connectivity index (χ1) is 11.7. The highest BCUT2D eigenvalue weighted by Crippen LogP contribution is 2.27. The number of aromatic nitrogens is 3. The molecule has 1 amide bonds. The fourth-order valence-electron chi connectivity index (χ4n) is 3.31. The number of benzene rings is 1. The zero-order valence-electron chi connectivity index (χ0n) is 13.1. The predicted octanol–water partition coefficient (Wildman–Crippen LogP) is 3.40. The molecule has 0 saturated carbocycles. The van der Waals surface area contributed by atoms with E-state index in [4.69, 9.17) is 11.6 Å². The van der Waals surface area contributed by atoms with Gasteiger partial charge in [0.25, 0.3) is 5.91 Å². The number of likely N-dealkylation sites (tertiary alicyclic amines) is 1. The number of rotatable bonds is 2. The van der Waals surface area contributed by atoms with E-state index in [1.165, 1.54) is 0 Å². The molecular weight excluding hydrogens is 324 g/mol. The second-order valence-corrected chi connectivity index (χ2v) is 6.52. The Morgan fingerprint density at radius 3 is 2.96 bits per heavy atom. The van der Waals surface area contributed by atoms with Crippen LogP contribution in [0.1, 0.15) is 34.9 Å². The van der Waals surface area contributed by atoms with Crippen LogP contribution in [0, 0.1) is 0 Å². The molecule has 122 valence electrons. The van der Waals surface area contributed by atoms with E-state index < -0.39 is 0 Å². The Bertz CT molecular complexity index is 891. The highest BCUT2D eigenvalue weighted by molar-refractivity contribution is 6.30. The summed E-state index contributed by atoms with van der Waals surface area (Å²) < 4.78 is 2.01. The van der Waals surface area contributed by atoms with E-state index in [0.29, 0.717) is 17.1 Å². The van der Waals surface area contributed by atoms with Gasteiger partial charge in [-0.2, -0.15) is 0 Å². The highest BCUT2D eigenvalue weighted by Gasteiger charge is 2.28. The number of nitrogens with zero attached hydrogens (tertiary/aromatic N) is 4. The molecule has 0 aliphatic carbocycles. The minimum absolute atomic E-state index is 0.0241. The molecule has 1 aliphatic rings. The van der Waals surface area contributed by atoms with Crippen molar-refractivity contribution in [1.82, 2.24) is 19.5 Å². The molecule has 1 saturated heterocycles. The smallest absolute Gasteiger partial charge is 0.253 e. The monoisotopic (exact) mass is 340 g/mol. The van der Waals surface area contributed by atoms with Crippen molar-refractivity contribution in [3.05, 3.63) is 65.1 Å². The molecule has 3 heterocycles. The zero-order chi connectivity index (χ0) is 16.5. The zero-order valence-corrected chi connectivity index (χ0v) is 13.9. The maximum Gasteiger partial charge on any atom is 0.253 e. The van der Waals surface area contributed by atoms with Crippen LogP contribution in [0.15, 0.2) is 48.7 Å². The summed E-state index contributed by atoms with van der Waals surface area (Å²) in [5.74, 6) is 1.14. The van der Waals surface area contributed by atoms with E-state index in [9.17, 15) is 4.79 Å². The summed E-state index contributed by atoms with van der Waals surface area (Å²) in [5.41, 5.74) is 1.47. The Hall–Kier alpha value is -2.40. The van der Waals surface area contributed by atoms with Gasteiger partial charge in [0.2, 0.25) is 0 Å². The maximum atomic E-state index is 12.8. The molecular formula is C18H17ClN4O. The number of carbonyl (C=O) groups is 1. The lowest BCUT2D eigenvalue weighted by Crippen LogP contribution is -2.39. The summed E-state index contributed by atoms with van der Waals surface area (Å²) in [6, 6.07) is 13.0. The van der Waals surface area contributed by atoms with Gasteiger partial charge in [0.15, 0.2) is 5.65 Å². The van der Waals surface area contributed by atoms with E-state index in [2.05, 4.69) is 10.2 Å². The van der Waals surface area contributed by atoms with Crippen LogP contribution in [0.2, 0.25) is 5.02 Å². The molecule has 5 nitrogen and oxygen atoms in total.